The smallest absolute Gasteiger partial charge is 0.0332 e. The normalized spacial score (nSPS) is 17.0. The zero-order valence-corrected chi connectivity index (χ0v) is 15.0. The molecule has 2 nitrogen and oxygen atoms in total. The van der Waals surface area contributed by atoms with Gasteiger partial charge in [0.15, 0.2) is 0 Å². The predicted octanol–water partition coefficient (Wildman–Crippen LogP) is 4.61. The summed E-state index contributed by atoms with van der Waals surface area (Å²) in [6.07, 6.45) is 5.52. The number of rotatable bonds is 9. The van der Waals surface area contributed by atoms with E-state index in [0.717, 1.165) is 16.9 Å². The van der Waals surface area contributed by atoms with Crippen molar-refractivity contribution in [3.05, 3.63) is 34.3 Å². The average molecular weight is 353 g/mol. The van der Waals surface area contributed by atoms with Crippen LogP contribution in [0.3, 0.4) is 0 Å². The molecule has 3 heteroatoms. The quantitative estimate of drug-likeness (QED) is 0.697. The van der Waals surface area contributed by atoms with E-state index in [1.165, 1.54) is 50.9 Å². The highest BCUT2D eigenvalue weighted by atomic mass is 79.9. The molecule has 0 aromatic heterocycles. The highest BCUT2D eigenvalue weighted by molar-refractivity contribution is 9.10. The fourth-order valence-corrected chi connectivity index (χ4v) is 3.32. The van der Waals surface area contributed by atoms with Crippen LogP contribution in [0.2, 0.25) is 0 Å². The van der Waals surface area contributed by atoms with Gasteiger partial charge in [0, 0.05) is 17.1 Å². The molecule has 118 valence electrons. The average Bonchev–Trinajstić information content (AvgIpc) is 2.45. The van der Waals surface area contributed by atoms with Crippen LogP contribution in [0.1, 0.15) is 51.1 Å². The van der Waals surface area contributed by atoms with Gasteiger partial charge in [0.1, 0.15) is 0 Å². The lowest BCUT2D eigenvalue weighted by atomic mass is 9.85. The summed E-state index contributed by atoms with van der Waals surface area (Å²) < 4.78 is 1.15. The Morgan fingerprint density at radius 1 is 1.24 bits per heavy atom. The predicted molar refractivity (Wildman–Crippen MR) is 94.6 cm³/mol. The van der Waals surface area contributed by atoms with Crippen LogP contribution in [-0.4, -0.2) is 31.1 Å². The first kappa shape index (κ1) is 17.0. The molecular weight excluding hydrogens is 324 g/mol. The molecule has 0 spiro atoms. The van der Waals surface area contributed by atoms with Crippen molar-refractivity contribution in [2.45, 2.75) is 45.6 Å². The molecule has 0 amide bonds. The Balaban J connectivity index is 1.87. The van der Waals surface area contributed by atoms with E-state index < -0.39 is 0 Å². The van der Waals surface area contributed by atoms with Crippen molar-refractivity contribution in [1.82, 2.24) is 10.2 Å². The Hall–Kier alpha value is -0.380. The maximum atomic E-state index is 3.64. The molecule has 1 aromatic carbocycles. The van der Waals surface area contributed by atoms with Gasteiger partial charge in [-0.2, -0.15) is 0 Å². The molecule has 1 saturated carbocycles. The Bertz CT molecular complexity index is 400. The number of hydrogen-bond donors (Lipinski definition) is 1. The molecule has 0 radical (unpaired) electrons. The summed E-state index contributed by atoms with van der Waals surface area (Å²) in [6.45, 7) is 9.18. The van der Waals surface area contributed by atoms with Gasteiger partial charge >= 0.3 is 0 Å². The monoisotopic (exact) mass is 352 g/mol. The van der Waals surface area contributed by atoms with Crippen LogP contribution in [0.15, 0.2) is 28.7 Å². The summed E-state index contributed by atoms with van der Waals surface area (Å²) in [5, 5.41) is 3.64. The first-order valence-corrected chi connectivity index (χ1v) is 9.23. The zero-order valence-electron chi connectivity index (χ0n) is 13.4. The molecule has 0 heterocycles. The molecule has 1 aliphatic carbocycles. The number of halogens is 1. The van der Waals surface area contributed by atoms with Crippen molar-refractivity contribution in [3.8, 4) is 0 Å². The fraction of sp³-hybridized carbons (Fsp3) is 0.667. The molecule has 1 atom stereocenters. The minimum atomic E-state index is 0.471. The molecule has 2 rings (SSSR count). The van der Waals surface area contributed by atoms with E-state index in [9.17, 15) is 0 Å². The van der Waals surface area contributed by atoms with Crippen LogP contribution in [0.5, 0.6) is 0 Å². The largest absolute Gasteiger partial charge is 0.310 e. The minimum Gasteiger partial charge on any atom is -0.310 e. The summed E-state index contributed by atoms with van der Waals surface area (Å²) >= 11 is 3.52. The molecule has 1 fully saturated rings. The lowest BCUT2D eigenvalue weighted by molar-refractivity contribution is 0.177. The minimum absolute atomic E-state index is 0.471. The fourth-order valence-electron chi connectivity index (χ4n) is 3.06. The van der Waals surface area contributed by atoms with E-state index in [-0.39, 0.29) is 0 Å². The van der Waals surface area contributed by atoms with E-state index >= 15 is 0 Å². The van der Waals surface area contributed by atoms with Crippen molar-refractivity contribution < 1.29 is 0 Å². The summed E-state index contributed by atoms with van der Waals surface area (Å²) in [7, 11) is 0. The Morgan fingerprint density at radius 3 is 2.48 bits per heavy atom. The standard InChI is InChI=1S/C18H29BrN2/c1-3-20-18(16-8-10-17(19)11-9-16)12-13-21(4-2)14-15-6-5-7-15/h8-11,15,18,20H,3-7,12-14H2,1-2H3. The van der Waals surface area contributed by atoms with Crippen molar-refractivity contribution in [3.63, 3.8) is 0 Å². The first-order chi connectivity index (χ1) is 10.2. The Kier molecular flexibility index (Phi) is 7.21. The van der Waals surface area contributed by atoms with Gasteiger partial charge in [-0.25, -0.2) is 0 Å². The third-order valence-corrected chi connectivity index (χ3v) is 5.17. The molecule has 0 bridgehead atoms. The van der Waals surface area contributed by atoms with Gasteiger partial charge in [0.05, 0.1) is 0 Å². The molecular formula is C18H29BrN2. The van der Waals surface area contributed by atoms with Crippen LogP contribution in [0.25, 0.3) is 0 Å². The van der Waals surface area contributed by atoms with Crippen molar-refractivity contribution >= 4 is 15.9 Å². The van der Waals surface area contributed by atoms with Crippen LogP contribution in [-0.2, 0) is 0 Å². The summed E-state index contributed by atoms with van der Waals surface area (Å²) in [5.41, 5.74) is 1.40. The molecule has 0 aliphatic heterocycles. The van der Waals surface area contributed by atoms with Crippen molar-refractivity contribution in [2.24, 2.45) is 5.92 Å². The Labute approximate surface area is 138 Å². The molecule has 0 saturated heterocycles. The molecule has 21 heavy (non-hydrogen) atoms. The van der Waals surface area contributed by atoms with E-state index in [2.05, 4.69) is 64.3 Å². The highest BCUT2D eigenvalue weighted by Gasteiger charge is 2.20. The lowest BCUT2D eigenvalue weighted by Crippen LogP contribution is -2.35. The van der Waals surface area contributed by atoms with E-state index in [1.54, 1.807) is 0 Å². The van der Waals surface area contributed by atoms with Gasteiger partial charge in [0.25, 0.3) is 0 Å². The third kappa shape index (κ3) is 5.39. The maximum Gasteiger partial charge on any atom is 0.0332 e. The molecule has 1 aliphatic rings. The van der Waals surface area contributed by atoms with Gasteiger partial charge in [-0.3, -0.25) is 0 Å². The SMILES string of the molecule is CCNC(CCN(CC)CC1CCC1)c1ccc(Br)cc1. The van der Waals surface area contributed by atoms with Crippen LogP contribution >= 0.6 is 15.9 Å². The zero-order chi connectivity index (χ0) is 15.1. The summed E-state index contributed by atoms with van der Waals surface area (Å²) in [5.74, 6) is 0.968. The second-order valence-electron chi connectivity index (χ2n) is 6.14. The van der Waals surface area contributed by atoms with E-state index in [4.69, 9.17) is 0 Å². The van der Waals surface area contributed by atoms with Crippen LogP contribution in [0.4, 0.5) is 0 Å². The van der Waals surface area contributed by atoms with E-state index in [0.29, 0.717) is 6.04 Å². The van der Waals surface area contributed by atoms with Gasteiger partial charge in [-0.05, 0) is 62.5 Å². The number of benzene rings is 1. The lowest BCUT2D eigenvalue weighted by Gasteiger charge is -2.32. The first-order valence-electron chi connectivity index (χ1n) is 8.44. The topological polar surface area (TPSA) is 15.3 Å². The number of nitrogens with zero attached hydrogens (tertiary/aromatic N) is 1. The molecule has 1 aromatic rings. The summed E-state index contributed by atoms with van der Waals surface area (Å²) in [4.78, 5) is 2.63. The van der Waals surface area contributed by atoms with Gasteiger partial charge < -0.3 is 10.2 Å². The maximum absolute atomic E-state index is 3.64. The van der Waals surface area contributed by atoms with E-state index in [1.807, 2.05) is 0 Å². The van der Waals surface area contributed by atoms with Gasteiger partial charge in [-0.15, -0.1) is 0 Å². The molecule has 1 N–H and O–H groups in total. The van der Waals surface area contributed by atoms with Crippen molar-refractivity contribution in [2.75, 3.05) is 26.2 Å². The number of nitrogens with one attached hydrogen (secondary N) is 1. The second-order valence-corrected chi connectivity index (χ2v) is 7.06. The summed E-state index contributed by atoms with van der Waals surface area (Å²) in [6, 6.07) is 9.23. The third-order valence-electron chi connectivity index (χ3n) is 4.65. The van der Waals surface area contributed by atoms with Crippen LogP contribution < -0.4 is 5.32 Å². The second kappa shape index (κ2) is 8.92. The van der Waals surface area contributed by atoms with Crippen molar-refractivity contribution in [1.29, 1.82) is 0 Å². The van der Waals surface area contributed by atoms with Gasteiger partial charge in [-0.1, -0.05) is 48.3 Å². The Morgan fingerprint density at radius 2 is 1.95 bits per heavy atom. The molecule has 1 unspecified atom stereocenters. The van der Waals surface area contributed by atoms with Gasteiger partial charge in [0.2, 0.25) is 0 Å². The van der Waals surface area contributed by atoms with Crippen LogP contribution in [0, 0.1) is 5.92 Å². The highest BCUT2D eigenvalue weighted by Crippen LogP contribution is 2.27. The number of hydrogen-bond acceptors (Lipinski definition) is 2.